The van der Waals surface area contributed by atoms with Gasteiger partial charge >= 0.3 is 0 Å². The summed E-state index contributed by atoms with van der Waals surface area (Å²) in [5.41, 5.74) is 1.29. The molecule has 0 heterocycles. The first-order valence-corrected chi connectivity index (χ1v) is 8.79. The van der Waals surface area contributed by atoms with Crippen LogP contribution in [0.4, 0.5) is 0 Å². The lowest BCUT2D eigenvalue weighted by Crippen LogP contribution is -2.40. The van der Waals surface area contributed by atoms with E-state index in [2.05, 4.69) is 27.8 Å². The maximum Gasteiger partial charge on any atom is 0.210 e. The van der Waals surface area contributed by atoms with E-state index in [1.54, 1.807) is 0 Å². The molecule has 0 atom stereocenters. The second kappa shape index (κ2) is 9.36. The number of hydrogen-bond acceptors (Lipinski definition) is 3. The average Bonchev–Trinajstić information content (AvgIpc) is 2.43. The lowest BCUT2D eigenvalue weighted by atomic mass is 10.1. The van der Waals surface area contributed by atoms with Crippen LogP contribution in [0.15, 0.2) is 35.3 Å². The van der Waals surface area contributed by atoms with Gasteiger partial charge in [0.15, 0.2) is 5.96 Å². The number of sulfonamides is 1. The molecule has 1 aromatic carbocycles. The zero-order valence-electron chi connectivity index (χ0n) is 12.4. The molecule has 0 unspecified atom stereocenters. The fourth-order valence-corrected chi connectivity index (χ4v) is 2.16. The highest BCUT2D eigenvalue weighted by Gasteiger charge is 2.03. The van der Waals surface area contributed by atoms with Crippen molar-refractivity contribution < 1.29 is 8.42 Å². The van der Waals surface area contributed by atoms with Gasteiger partial charge < -0.3 is 10.6 Å². The van der Waals surface area contributed by atoms with Crippen LogP contribution in [0.5, 0.6) is 0 Å². The lowest BCUT2D eigenvalue weighted by molar-refractivity contribution is 0.596. The Morgan fingerprint density at radius 2 is 1.95 bits per heavy atom. The minimum absolute atomic E-state index is 0.110. The summed E-state index contributed by atoms with van der Waals surface area (Å²) in [5, 5.41) is 11.0. The fraction of sp³-hybridized carbons (Fsp3) is 0.500. The number of nitrogens with one attached hydrogen (secondary N) is 2. The van der Waals surface area contributed by atoms with Crippen molar-refractivity contribution in [3.8, 4) is 0 Å². The average molecular weight is 312 g/mol. The molecule has 0 bridgehead atoms. The van der Waals surface area contributed by atoms with Gasteiger partial charge in [0.05, 0.1) is 5.75 Å². The minimum atomic E-state index is -3.44. The van der Waals surface area contributed by atoms with Gasteiger partial charge in [-0.15, -0.1) is 0 Å². The van der Waals surface area contributed by atoms with E-state index in [4.69, 9.17) is 5.14 Å². The summed E-state index contributed by atoms with van der Waals surface area (Å²) < 4.78 is 21.7. The summed E-state index contributed by atoms with van der Waals surface area (Å²) in [6.45, 7) is 3.61. The normalized spacial score (nSPS) is 12.2. The summed E-state index contributed by atoms with van der Waals surface area (Å²) in [4.78, 5) is 4.41. The van der Waals surface area contributed by atoms with Gasteiger partial charge in [-0.3, -0.25) is 4.99 Å². The number of benzene rings is 1. The number of rotatable bonds is 8. The summed E-state index contributed by atoms with van der Waals surface area (Å²) in [7, 11) is -3.44. The number of aryl methyl sites for hydroxylation is 1. The topological polar surface area (TPSA) is 96.6 Å². The van der Waals surface area contributed by atoms with E-state index < -0.39 is 10.0 Å². The van der Waals surface area contributed by atoms with Crippen molar-refractivity contribution in [3.05, 3.63) is 35.9 Å². The standard InChI is InChI=1S/C14H24N4O2S/c1-2-16-14(18-11-12-21(15,19)20)17-10-6-9-13-7-4-3-5-8-13/h3-5,7-8H,2,6,9-12H2,1H3,(H2,15,19,20)(H2,16,17,18). The molecule has 0 saturated carbocycles. The van der Waals surface area contributed by atoms with Crippen molar-refractivity contribution in [2.75, 3.05) is 25.4 Å². The summed E-state index contributed by atoms with van der Waals surface area (Å²) in [6.07, 6.45) is 1.91. The van der Waals surface area contributed by atoms with Crippen molar-refractivity contribution in [1.29, 1.82) is 0 Å². The van der Waals surface area contributed by atoms with Crippen molar-refractivity contribution in [1.82, 2.24) is 10.6 Å². The van der Waals surface area contributed by atoms with Crippen LogP contribution in [0.3, 0.4) is 0 Å². The summed E-state index contributed by atoms with van der Waals surface area (Å²) in [6, 6.07) is 10.2. The highest BCUT2D eigenvalue weighted by molar-refractivity contribution is 7.89. The Labute approximate surface area is 126 Å². The van der Waals surface area contributed by atoms with Crippen LogP contribution in [0.1, 0.15) is 18.9 Å². The molecular formula is C14H24N4O2S. The zero-order chi connectivity index (χ0) is 15.6. The smallest absolute Gasteiger partial charge is 0.210 e. The van der Waals surface area contributed by atoms with Crippen molar-refractivity contribution >= 4 is 16.0 Å². The first-order chi connectivity index (χ1) is 10.0. The van der Waals surface area contributed by atoms with Crippen molar-refractivity contribution in [3.63, 3.8) is 0 Å². The Hall–Kier alpha value is -1.60. The number of aliphatic imine (C=N–C) groups is 1. The van der Waals surface area contributed by atoms with Gasteiger partial charge in [-0.1, -0.05) is 30.3 Å². The number of nitrogens with two attached hydrogens (primary N) is 1. The molecular weight excluding hydrogens is 288 g/mol. The van der Waals surface area contributed by atoms with Crippen LogP contribution in [-0.2, 0) is 16.4 Å². The molecule has 1 aromatic rings. The van der Waals surface area contributed by atoms with Crippen molar-refractivity contribution in [2.45, 2.75) is 19.8 Å². The van der Waals surface area contributed by atoms with E-state index in [0.717, 1.165) is 19.4 Å². The van der Waals surface area contributed by atoms with Gasteiger partial charge in [-0.2, -0.15) is 0 Å². The first kappa shape index (κ1) is 17.5. The maximum atomic E-state index is 10.9. The van der Waals surface area contributed by atoms with Gasteiger partial charge in [-0.05, 0) is 25.3 Å². The van der Waals surface area contributed by atoms with Gasteiger partial charge in [-0.25, -0.2) is 13.6 Å². The number of guanidine groups is 1. The van der Waals surface area contributed by atoms with Gasteiger partial charge in [0.2, 0.25) is 10.0 Å². The number of nitrogens with zero attached hydrogens (tertiary/aromatic N) is 1. The van der Waals surface area contributed by atoms with E-state index in [9.17, 15) is 8.42 Å². The second-order valence-corrected chi connectivity index (χ2v) is 6.38. The summed E-state index contributed by atoms with van der Waals surface area (Å²) >= 11 is 0. The minimum Gasteiger partial charge on any atom is -0.357 e. The van der Waals surface area contributed by atoms with E-state index >= 15 is 0 Å². The maximum absolute atomic E-state index is 10.9. The van der Waals surface area contributed by atoms with E-state index in [1.807, 2.05) is 25.1 Å². The molecule has 0 spiro atoms. The Morgan fingerprint density at radius 3 is 2.57 bits per heavy atom. The molecule has 0 aliphatic rings. The van der Waals surface area contributed by atoms with E-state index in [-0.39, 0.29) is 12.3 Å². The van der Waals surface area contributed by atoms with E-state index in [1.165, 1.54) is 5.56 Å². The molecule has 1 rings (SSSR count). The Bertz CT molecular complexity index is 529. The van der Waals surface area contributed by atoms with Crippen molar-refractivity contribution in [2.24, 2.45) is 10.1 Å². The second-order valence-electron chi connectivity index (χ2n) is 4.64. The Morgan fingerprint density at radius 1 is 1.24 bits per heavy atom. The highest BCUT2D eigenvalue weighted by Crippen LogP contribution is 2.02. The largest absolute Gasteiger partial charge is 0.357 e. The molecule has 0 saturated heterocycles. The molecule has 0 fully saturated rings. The fourth-order valence-electron chi connectivity index (χ4n) is 1.77. The molecule has 0 aliphatic heterocycles. The number of hydrogen-bond donors (Lipinski definition) is 3. The third kappa shape index (κ3) is 9.04. The van der Waals surface area contributed by atoms with Crippen LogP contribution in [0.2, 0.25) is 0 Å². The van der Waals surface area contributed by atoms with E-state index in [0.29, 0.717) is 12.5 Å². The number of primary sulfonamides is 1. The Balaban J connectivity index is 2.34. The Kier molecular flexibility index (Phi) is 7.78. The first-order valence-electron chi connectivity index (χ1n) is 7.08. The summed E-state index contributed by atoms with van der Waals surface area (Å²) in [5.74, 6) is 0.510. The van der Waals surface area contributed by atoms with Gasteiger partial charge in [0, 0.05) is 19.6 Å². The van der Waals surface area contributed by atoms with Gasteiger partial charge in [0.25, 0.3) is 0 Å². The molecule has 0 radical (unpaired) electrons. The molecule has 21 heavy (non-hydrogen) atoms. The predicted molar refractivity (Wildman–Crippen MR) is 86.7 cm³/mol. The third-order valence-corrected chi connectivity index (χ3v) is 3.53. The quantitative estimate of drug-likeness (QED) is 0.369. The molecule has 6 nitrogen and oxygen atoms in total. The van der Waals surface area contributed by atoms with Crippen LogP contribution in [0, 0.1) is 0 Å². The highest BCUT2D eigenvalue weighted by atomic mass is 32.2. The molecule has 4 N–H and O–H groups in total. The van der Waals surface area contributed by atoms with Crippen LogP contribution >= 0.6 is 0 Å². The van der Waals surface area contributed by atoms with Crippen LogP contribution < -0.4 is 15.8 Å². The van der Waals surface area contributed by atoms with Crippen LogP contribution in [0.25, 0.3) is 0 Å². The lowest BCUT2D eigenvalue weighted by Gasteiger charge is -2.10. The SMILES string of the molecule is CCNC(=NCCCc1ccccc1)NCCS(N)(=O)=O. The zero-order valence-corrected chi connectivity index (χ0v) is 13.2. The molecule has 118 valence electrons. The third-order valence-electron chi connectivity index (χ3n) is 2.76. The van der Waals surface area contributed by atoms with Gasteiger partial charge in [0.1, 0.15) is 0 Å². The molecule has 7 heteroatoms. The molecule has 0 amide bonds. The monoisotopic (exact) mass is 312 g/mol. The molecule has 0 aromatic heterocycles. The predicted octanol–water partition coefficient (Wildman–Crippen LogP) is 0.463. The molecule has 0 aliphatic carbocycles. The van der Waals surface area contributed by atoms with Crippen LogP contribution in [-0.4, -0.2) is 39.8 Å².